The highest BCUT2D eigenvalue weighted by atomic mass is 35.5. The van der Waals surface area contributed by atoms with Gasteiger partial charge in [0.15, 0.2) is 6.61 Å². The molecule has 0 radical (unpaired) electrons. The fourth-order valence-corrected chi connectivity index (χ4v) is 2.94. The smallest absolute Gasteiger partial charge is 0.329 e. The van der Waals surface area contributed by atoms with Gasteiger partial charge in [0.25, 0.3) is 5.91 Å². The highest BCUT2D eigenvalue weighted by Crippen LogP contribution is 2.17. The van der Waals surface area contributed by atoms with Crippen molar-refractivity contribution >= 4 is 46.9 Å². The molecule has 0 aliphatic rings. The first-order valence-electron chi connectivity index (χ1n) is 10.3. The third-order valence-corrected chi connectivity index (χ3v) is 5.00. The van der Waals surface area contributed by atoms with Crippen LogP contribution in [0, 0.1) is 13.8 Å². The zero-order chi connectivity index (χ0) is 24.5. The summed E-state index contributed by atoms with van der Waals surface area (Å²) in [6.07, 6.45) is 1.33. The van der Waals surface area contributed by atoms with E-state index in [0.29, 0.717) is 27.7 Å². The molecule has 0 heterocycles. The Balaban J connectivity index is 1.53. The predicted octanol–water partition coefficient (Wildman–Crippen LogP) is 4.06. The molecule has 0 aliphatic heterocycles. The number of hydrogen-bond donors (Lipinski definition) is 3. The summed E-state index contributed by atoms with van der Waals surface area (Å²) in [4.78, 5) is 36.3. The van der Waals surface area contributed by atoms with Gasteiger partial charge >= 0.3 is 11.8 Å². The summed E-state index contributed by atoms with van der Waals surface area (Å²) in [6.45, 7) is 3.63. The van der Waals surface area contributed by atoms with Crippen molar-refractivity contribution in [1.29, 1.82) is 0 Å². The molecule has 0 atom stereocenters. The standard InChI is InChI=1S/C25H23ClN4O4/c1-16-7-10-21(13-17(16)2)29-24(32)25(33)30-27-14-18-5-3-4-6-22(18)34-15-23(31)28-20-11-8-19(26)9-12-20/h3-14H,15H2,1-2H3,(H,28,31)(H,29,32)(H,30,33)/b27-14-. The minimum Gasteiger partial charge on any atom is -0.483 e. The zero-order valence-electron chi connectivity index (χ0n) is 18.6. The van der Waals surface area contributed by atoms with Gasteiger partial charge < -0.3 is 15.4 Å². The molecule has 3 amide bonds. The maximum atomic E-state index is 12.1. The summed E-state index contributed by atoms with van der Waals surface area (Å²) in [7, 11) is 0. The molecule has 0 bridgehead atoms. The number of amides is 3. The van der Waals surface area contributed by atoms with Crippen molar-refractivity contribution in [1.82, 2.24) is 5.43 Å². The van der Waals surface area contributed by atoms with E-state index in [-0.39, 0.29) is 12.5 Å². The number of hydrogen-bond acceptors (Lipinski definition) is 5. The van der Waals surface area contributed by atoms with Crippen LogP contribution < -0.4 is 20.8 Å². The fraction of sp³-hybridized carbons (Fsp3) is 0.120. The monoisotopic (exact) mass is 478 g/mol. The summed E-state index contributed by atoms with van der Waals surface area (Å²) >= 11 is 5.83. The Morgan fingerprint density at radius 1 is 0.882 bits per heavy atom. The van der Waals surface area contributed by atoms with E-state index in [9.17, 15) is 14.4 Å². The summed E-state index contributed by atoms with van der Waals surface area (Å²) in [5.74, 6) is -1.74. The Bertz CT molecular complexity index is 1230. The van der Waals surface area contributed by atoms with Crippen molar-refractivity contribution in [2.75, 3.05) is 17.2 Å². The van der Waals surface area contributed by atoms with Crippen LogP contribution in [-0.4, -0.2) is 30.5 Å². The van der Waals surface area contributed by atoms with Gasteiger partial charge in [-0.25, -0.2) is 5.43 Å². The molecule has 0 saturated carbocycles. The van der Waals surface area contributed by atoms with E-state index in [1.807, 2.05) is 19.9 Å². The number of ether oxygens (including phenoxy) is 1. The number of para-hydroxylation sites is 1. The SMILES string of the molecule is Cc1ccc(NC(=O)C(=O)N/N=C\c2ccccc2OCC(=O)Nc2ccc(Cl)cc2)cc1C. The summed E-state index contributed by atoms with van der Waals surface area (Å²) < 4.78 is 5.58. The van der Waals surface area contributed by atoms with Crippen LogP contribution in [0.5, 0.6) is 5.75 Å². The third-order valence-electron chi connectivity index (χ3n) is 4.75. The molecule has 8 nitrogen and oxygen atoms in total. The highest BCUT2D eigenvalue weighted by Gasteiger charge is 2.13. The maximum Gasteiger partial charge on any atom is 0.329 e. The van der Waals surface area contributed by atoms with E-state index >= 15 is 0 Å². The van der Waals surface area contributed by atoms with Crippen LogP contribution in [0.25, 0.3) is 0 Å². The van der Waals surface area contributed by atoms with Crippen LogP contribution in [0.4, 0.5) is 11.4 Å². The van der Waals surface area contributed by atoms with Crippen LogP contribution in [0.15, 0.2) is 71.8 Å². The lowest BCUT2D eigenvalue weighted by Gasteiger charge is -2.09. The van der Waals surface area contributed by atoms with E-state index in [1.165, 1.54) is 6.21 Å². The highest BCUT2D eigenvalue weighted by molar-refractivity contribution is 6.39. The average molecular weight is 479 g/mol. The first-order chi connectivity index (χ1) is 16.3. The number of carbonyl (C=O) groups excluding carboxylic acids is 3. The lowest BCUT2D eigenvalue weighted by Crippen LogP contribution is -2.32. The number of rotatable bonds is 7. The van der Waals surface area contributed by atoms with Crippen molar-refractivity contribution in [2.24, 2.45) is 5.10 Å². The van der Waals surface area contributed by atoms with Crippen LogP contribution in [-0.2, 0) is 14.4 Å². The average Bonchev–Trinajstić information content (AvgIpc) is 2.82. The molecule has 0 unspecified atom stereocenters. The lowest BCUT2D eigenvalue weighted by molar-refractivity contribution is -0.136. The molecule has 0 aliphatic carbocycles. The molecular formula is C25H23ClN4O4. The number of hydrazone groups is 1. The Kier molecular flexibility index (Phi) is 8.37. The number of benzene rings is 3. The van der Waals surface area contributed by atoms with Crippen molar-refractivity contribution in [2.45, 2.75) is 13.8 Å². The van der Waals surface area contributed by atoms with Gasteiger partial charge in [0, 0.05) is 22.0 Å². The Morgan fingerprint density at radius 2 is 1.59 bits per heavy atom. The molecule has 3 aromatic carbocycles. The molecule has 174 valence electrons. The number of nitrogens with one attached hydrogen (secondary N) is 3. The molecule has 3 aromatic rings. The normalized spacial score (nSPS) is 10.6. The number of nitrogens with zero attached hydrogens (tertiary/aromatic N) is 1. The van der Waals surface area contributed by atoms with Crippen LogP contribution >= 0.6 is 11.6 Å². The minimum absolute atomic E-state index is 0.238. The van der Waals surface area contributed by atoms with Crippen molar-refractivity contribution in [3.8, 4) is 5.75 Å². The molecule has 0 fully saturated rings. The minimum atomic E-state index is -0.921. The van der Waals surface area contributed by atoms with E-state index in [1.54, 1.807) is 60.7 Å². The Morgan fingerprint density at radius 3 is 2.32 bits per heavy atom. The van der Waals surface area contributed by atoms with Gasteiger partial charge in [0.1, 0.15) is 5.75 Å². The molecular weight excluding hydrogens is 456 g/mol. The second-order valence-corrected chi connectivity index (χ2v) is 7.77. The quantitative estimate of drug-likeness (QED) is 0.270. The second kappa shape index (κ2) is 11.6. The summed E-state index contributed by atoms with van der Waals surface area (Å²) in [5.41, 5.74) is 5.87. The van der Waals surface area contributed by atoms with Gasteiger partial charge in [0.05, 0.1) is 6.21 Å². The van der Waals surface area contributed by atoms with Crippen molar-refractivity contribution in [3.63, 3.8) is 0 Å². The maximum absolute atomic E-state index is 12.1. The van der Waals surface area contributed by atoms with Gasteiger partial charge in [-0.3, -0.25) is 14.4 Å². The summed E-state index contributed by atoms with van der Waals surface area (Å²) in [5, 5.41) is 9.61. The lowest BCUT2D eigenvalue weighted by atomic mass is 10.1. The van der Waals surface area contributed by atoms with E-state index in [4.69, 9.17) is 16.3 Å². The molecule has 3 rings (SSSR count). The fourth-order valence-electron chi connectivity index (χ4n) is 2.81. The Hall–Kier alpha value is -4.17. The molecule has 3 N–H and O–H groups in total. The zero-order valence-corrected chi connectivity index (χ0v) is 19.3. The molecule has 9 heteroatoms. The second-order valence-electron chi connectivity index (χ2n) is 7.33. The number of halogens is 1. The third kappa shape index (κ3) is 7.18. The van der Waals surface area contributed by atoms with Gasteiger partial charge in [-0.2, -0.15) is 5.10 Å². The first kappa shape index (κ1) is 24.5. The van der Waals surface area contributed by atoms with Gasteiger partial charge in [-0.1, -0.05) is 29.8 Å². The van der Waals surface area contributed by atoms with Crippen molar-refractivity contribution in [3.05, 3.63) is 88.4 Å². The summed E-state index contributed by atoms with van der Waals surface area (Å²) in [6, 6.07) is 18.9. The van der Waals surface area contributed by atoms with Crippen LogP contribution in [0.2, 0.25) is 5.02 Å². The molecule has 0 aromatic heterocycles. The van der Waals surface area contributed by atoms with E-state index in [0.717, 1.165) is 11.1 Å². The van der Waals surface area contributed by atoms with E-state index < -0.39 is 11.8 Å². The van der Waals surface area contributed by atoms with Crippen LogP contribution in [0.3, 0.4) is 0 Å². The predicted molar refractivity (Wildman–Crippen MR) is 132 cm³/mol. The van der Waals surface area contributed by atoms with Gasteiger partial charge in [0.2, 0.25) is 0 Å². The number of carbonyl (C=O) groups is 3. The van der Waals surface area contributed by atoms with Gasteiger partial charge in [-0.15, -0.1) is 0 Å². The molecule has 0 spiro atoms. The Labute approximate surface area is 202 Å². The molecule has 34 heavy (non-hydrogen) atoms. The number of anilines is 2. The largest absolute Gasteiger partial charge is 0.483 e. The topological polar surface area (TPSA) is 109 Å². The van der Waals surface area contributed by atoms with E-state index in [2.05, 4.69) is 21.2 Å². The molecule has 0 saturated heterocycles. The van der Waals surface area contributed by atoms with Crippen LogP contribution in [0.1, 0.15) is 16.7 Å². The van der Waals surface area contributed by atoms with Gasteiger partial charge in [-0.05, 0) is 73.5 Å². The number of aryl methyl sites for hydroxylation is 2. The van der Waals surface area contributed by atoms with Crippen molar-refractivity contribution < 1.29 is 19.1 Å². The first-order valence-corrected chi connectivity index (χ1v) is 10.7.